The highest BCUT2D eigenvalue weighted by Gasteiger charge is 2.03. The van der Waals surface area contributed by atoms with Crippen LogP contribution in [0.25, 0.3) is 0 Å². The molecule has 0 saturated heterocycles. The van der Waals surface area contributed by atoms with Gasteiger partial charge in [0.15, 0.2) is 0 Å². The van der Waals surface area contributed by atoms with Gasteiger partial charge in [-0.1, -0.05) is 155 Å². The molecular weight excluding hydrogens is 472 g/mol. The molecule has 0 fully saturated rings. The fourth-order valence-corrected chi connectivity index (χ4v) is 5.09. The maximum absolute atomic E-state index is 11.7. The second-order valence-electron chi connectivity index (χ2n) is 11.4. The third-order valence-electron chi connectivity index (χ3n) is 7.58. The highest BCUT2D eigenvalue weighted by atomic mass is 16.5. The standard InChI is InChI=1S/C34H66O4/c1-3-5-6-26-29-32-38-34(36)31-28-25-23-21-19-17-15-13-11-9-7-8-10-12-14-16-18-20-22-24-27-30-33(35)37-4-2/h3-32H2,1-2H3. The summed E-state index contributed by atoms with van der Waals surface area (Å²) in [5.74, 6) is -0.0294. The number of esters is 2. The molecule has 4 nitrogen and oxygen atoms in total. The van der Waals surface area contributed by atoms with E-state index in [4.69, 9.17) is 9.47 Å². The molecule has 0 bridgehead atoms. The Balaban J connectivity index is 3.12. The van der Waals surface area contributed by atoms with Crippen LogP contribution in [0.5, 0.6) is 0 Å². The van der Waals surface area contributed by atoms with Gasteiger partial charge < -0.3 is 9.47 Å². The molecule has 38 heavy (non-hydrogen) atoms. The third kappa shape index (κ3) is 31.2. The van der Waals surface area contributed by atoms with Gasteiger partial charge in [0.25, 0.3) is 0 Å². The third-order valence-corrected chi connectivity index (χ3v) is 7.58. The minimum atomic E-state index is -0.0364. The molecule has 0 aliphatic rings. The van der Waals surface area contributed by atoms with E-state index in [-0.39, 0.29) is 11.9 Å². The van der Waals surface area contributed by atoms with E-state index < -0.39 is 0 Å². The molecule has 0 spiro atoms. The monoisotopic (exact) mass is 538 g/mol. The van der Waals surface area contributed by atoms with E-state index in [0.717, 1.165) is 25.7 Å². The lowest BCUT2D eigenvalue weighted by molar-refractivity contribution is -0.144. The van der Waals surface area contributed by atoms with Crippen LogP contribution >= 0.6 is 0 Å². The number of rotatable bonds is 31. The van der Waals surface area contributed by atoms with Crippen LogP contribution in [0, 0.1) is 0 Å². The molecule has 0 saturated carbocycles. The molecule has 0 radical (unpaired) electrons. The van der Waals surface area contributed by atoms with Gasteiger partial charge in [0.2, 0.25) is 0 Å². The Morgan fingerprint density at radius 1 is 0.368 bits per heavy atom. The van der Waals surface area contributed by atoms with E-state index in [1.807, 2.05) is 6.92 Å². The molecule has 0 heterocycles. The van der Waals surface area contributed by atoms with Crippen molar-refractivity contribution in [2.45, 2.75) is 194 Å². The van der Waals surface area contributed by atoms with E-state index in [1.165, 1.54) is 141 Å². The molecule has 0 amide bonds. The fourth-order valence-electron chi connectivity index (χ4n) is 5.09. The van der Waals surface area contributed by atoms with Crippen molar-refractivity contribution in [3.63, 3.8) is 0 Å². The van der Waals surface area contributed by atoms with Gasteiger partial charge in [-0.15, -0.1) is 0 Å². The lowest BCUT2D eigenvalue weighted by Crippen LogP contribution is -2.05. The molecule has 0 rings (SSSR count). The Morgan fingerprint density at radius 2 is 0.658 bits per heavy atom. The number of carbonyl (C=O) groups is 2. The minimum Gasteiger partial charge on any atom is -0.466 e. The van der Waals surface area contributed by atoms with E-state index in [0.29, 0.717) is 26.1 Å². The van der Waals surface area contributed by atoms with Crippen molar-refractivity contribution in [1.29, 1.82) is 0 Å². The highest BCUT2D eigenvalue weighted by molar-refractivity contribution is 5.69. The molecule has 0 N–H and O–H groups in total. The minimum absolute atomic E-state index is 0.00701. The zero-order chi connectivity index (χ0) is 27.8. The second kappa shape index (κ2) is 32.2. The summed E-state index contributed by atoms with van der Waals surface area (Å²) in [7, 11) is 0. The van der Waals surface area contributed by atoms with Crippen LogP contribution in [0.3, 0.4) is 0 Å². The summed E-state index contributed by atoms with van der Waals surface area (Å²) < 4.78 is 10.3. The number of hydrogen-bond acceptors (Lipinski definition) is 4. The van der Waals surface area contributed by atoms with Crippen LogP contribution in [0.1, 0.15) is 194 Å². The smallest absolute Gasteiger partial charge is 0.305 e. The van der Waals surface area contributed by atoms with Crippen LogP contribution in [0.2, 0.25) is 0 Å². The van der Waals surface area contributed by atoms with Crippen molar-refractivity contribution in [3.8, 4) is 0 Å². The Morgan fingerprint density at radius 3 is 1.00 bits per heavy atom. The maximum Gasteiger partial charge on any atom is 0.305 e. The highest BCUT2D eigenvalue weighted by Crippen LogP contribution is 2.15. The van der Waals surface area contributed by atoms with Crippen molar-refractivity contribution in [2.24, 2.45) is 0 Å². The van der Waals surface area contributed by atoms with Crippen LogP contribution in [-0.2, 0) is 19.1 Å². The number of ether oxygens (including phenoxy) is 2. The average Bonchev–Trinajstić information content (AvgIpc) is 2.91. The van der Waals surface area contributed by atoms with Gasteiger partial charge in [0.1, 0.15) is 0 Å². The Labute approximate surface area is 237 Å². The molecule has 0 atom stereocenters. The quantitative estimate of drug-likeness (QED) is 0.0650. The first-order valence-electron chi connectivity index (χ1n) is 17.0. The lowest BCUT2D eigenvalue weighted by atomic mass is 10.0. The predicted octanol–water partition coefficient (Wildman–Crippen LogP) is 11.0. The van der Waals surface area contributed by atoms with Crippen molar-refractivity contribution in [3.05, 3.63) is 0 Å². The van der Waals surface area contributed by atoms with Gasteiger partial charge >= 0.3 is 11.9 Å². The van der Waals surface area contributed by atoms with E-state index >= 15 is 0 Å². The van der Waals surface area contributed by atoms with Crippen LogP contribution < -0.4 is 0 Å². The Bertz CT molecular complexity index is 491. The van der Waals surface area contributed by atoms with E-state index in [9.17, 15) is 9.59 Å². The topological polar surface area (TPSA) is 52.6 Å². The van der Waals surface area contributed by atoms with Crippen LogP contribution in [0.4, 0.5) is 0 Å². The van der Waals surface area contributed by atoms with E-state index in [1.54, 1.807) is 0 Å². The molecule has 0 aliphatic heterocycles. The summed E-state index contributed by atoms with van der Waals surface area (Å²) in [6, 6.07) is 0. The SMILES string of the molecule is CCCCCCCOC(=O)CCCCCCCCCCCCCCCCCCCCCCCC(=O)OCC. The number of unbranched alkanes of at least 4 members (excludes halogenated alkanes) is 24. The number of carbonyl (C=O) groups excluding carboxylic acids is 2. The summed E-state index contributed by atoms with van der Waals surface area (Å²) in [6.45, 7) is 5.21. The molecule has 4 heteroatoms. The first-order chi connectivity index (χ1) is 18.7. The summed E-state index contributed by atoms with van der Waals surface area (Å²) in [4.78, 5) is 23.0. The van der Waals surface area contributed by atoms with Crippen molar-refractivity contribution in [1.82, 2.24) is 0 Å². The zero-order valence-electron chi connectivity index (χ0n) is 25.8. The zero-order valence-corrected chi connectivity index (χ0v) is 25.8. The first-order valence-corrected chi connectivity index (χ1v) is 17.0. The summed E-state index contributed by atoms with van der Waals surface area (Å²) in [5, 5.41) is 0. The van der Waals surface area contributed by atoms with Crippen LogP contribution in [0.15, 0.2) is 0 Å². The Hall–Kier alpha value is -1.06. The van der Waals surface area contributed by atoms with Crippen molar-refractivity contribution in [2.75, 3.05) is 13.2 Å². The average molecular weight is 539 g/mol. The predicted molar refractivity (Wildman–Crippen MR) is 163 cm³/mol. The number of hydrogen-bond donors (Lipinski definition) is 0. The van der Waals surface area contributed by atoms with Crippen molar-refractivity contribution < 1.29 is 19.1 Å². The second-order valence-corrected chi connectivity index (χ2v) is 11.4. The van der Waals surface area contributed by atoms with Gasteiger partial charge in [0, 0.05) is 12.8 Å². The molecule has 0 aromatic heterocycles. The molecule has 226 valence electrons. The van der Waals surface area contributed by atoms with Gasteiger partial charge in [-0.2, -0.15) is 0 Å². The molecule has 0 unspecified atom stereocenters. The molecule has 0 aromatic rings. The summed E-state index contributed by atoms with van der Waals surface area (Å²) in [6.07, 6.45) is 34.9. The Kier molecular flexibility index (Phi) is 31.3. The fraction of sp³-hybridized carbons (Fsp3) is 0.941. The van der Waals surface area contributed by atoms with Gasteiger partial charge in [-0.3, -0.25) is 9.59 Å². The lowest BCUT2D eigenvalue weighted by Gasteiger charge is -2.05. The normalized spacial score (nSPS) is 11.1. The molecule has 0 aromatic carbocycles. The summed E-state index contributed by atoms with van der Waals surface area (Å²) in [5.41, 5.74) is 0. The van der Waals surface area contributed by atoms with Gasteiger partial charge in [-0.25, -0.2) is 0 Å². The van der Waals surface area contributed by atoms with E-state index in [2.05, 4.69) is 6.92 Å². The summed E-state index contributed by atoms with van der Waals surface area (Å²) >= 11 is 0. The first kappa shape index (κ1) is 36.9. The van der Waals surface area contributed by atoms with Crippen LogP contribution in [-0.4, -0.2) is 25.2 Å². The maximum atomic E-state index is 11.7. The van der Waals surface area contributed by atoms with Gasteiger partial charge in [0.05, 0.1) is 13.2 Å². The largest absolute Gasteiger partial charge is 0.466 e. The van der Waals surface area contributed by atoms with Crippen molar-refractivity contribution >= 4 is 11.9 Å². The molecular formula is C34H66O4. The molecule has 0 aliphatic carbocycles. The van der Waals surface area contributed by atoms with Gasteiger partial charge in [-0.05, 0) is 26.2 Å².